The molecule has 0 radical (unpaired) electrons. The molecule has 2 fully saturated rings. The summed E-state index contributed by atoms with van der Waals surface area (Å²) in [6.07, 6.45) is 2.08. The van der Waals surface area contributed by atoms with Crippen molar-refractivity contribution >= 4 is 11.9 Å². The van der Waals surface area contributed by atoms with Gasteiger partial charge in [-0.15, -0.1) is 0 Å². The monoisotopic (exact) mass is 400 g/mol. The largest absolute Gasteiger partial charge is 0.357 e. The van der Waals surface area contributed by atoms with Crippen molar-refractivity contribution in [1.82, 2.24) is 25.8 Å². The number of guanidine groups is 1. The molecule has 3 rings (SSSR count). The first-order valence-corrected chi connectivity index (χ1v) is 10.9. The van der Waals surface area contributed by atoms with Crippen LogP contribution in [0.25, 0.3) is 0 Å². The third-order valence-corrected chi connectivity index (χ3v) is 5.45. The van der Waals surface area contributed by atoms with Crippen LogP contribution >= 0.6 is 0 Å². The molecule has 29 heavy (non-hydrogen) atoms. The molecule has 1 amide bonds. The van der Waals surface area contributed by atoms with Crippen LogP contribution in [0, 0.1) is 5.92 Å². The number of piperazine rings is 1. The predicted molar refractivity (Wildman–Crippen MR) is 118 cm³/mol. The number of nitrogens with one attached hydrogen (secondary N) is 3. The SMILES string of the molecule is CCNC(=NCc1ccc(CN2CCN(C)CC2)cc1)NCCNC(=O)C1CC1. The Morgan fingerprint density at radius 3 is 2.31 bits per heavy atom. The number of amides is 1. The first kappa shape index (κ1) is 21.6. The molecule has 160 valence electrons. The maximum atomic E-state index is 11.7. The molecule has 1 saturated heterocycles. The third-order valence-electron chi connectivity index (χ3n) is 5.45. The minimum Gasteiger partial charge on any atom is -0.357 e. The number of hydrogen-bond donors (Lipinski definition) is 3. The van der Waals surface area contributed by atoms with E-state index in [0.717, 1.165) is 58.1 Å². The van der Waals surface area contributed by atoms with Gasteiger partial charge in [-0.3, -0.25) is 9.69 Å². The minimum absolute atomic E-state index is 0.186. The van der Waals surface area contributed by atoms with Crippen molar-refractivity contribution in [2.24, 2.45) is 10.9 Å². The van der Waals surface area contributed by atoms with E-state index in [2.05, 4.69) is 69.0 Å². The Kier molecular flexibility index (Phi) is 8.31. The van der Waals surface area contributed by atoms with E-state index in [4.69, 9.17) is 0 Å². The quantitative estimate of drug-likeness (QED) is 0.328. The number of aliphatic imine (C=N–C) groups is 1. The molecule has 3 N–H and O–H groups in total. The fourth-order valence-electron chi connectivity index (χ4n) is 3.38. The van der Waals surface area contributed by atoms with Crippen molar-refractivity contribution in [3.8, 4) is 0 Å². The van der Waals surface area contributed by atoms with Gasteiger partial charge in [0.1, 0.15) is 0 Å². The minimum atomic E-state index is 0.186. The number of carbonyl (C=O) groups excluding carboxylic acids is 1. The van der Waals surface area contributed by atoms with E-state index in [1.54, 1.807) is 0 Å². The van der Waals surface area contributed by atoms with Crippen molar-refractivity contribution in [3.63, 3.8) is 0 Å². The highest BCUT2D eigenvalue weighted by Crippen LogP contribution is 2.28. The Balaban J connectivity index is 1.41. The van der Waals surface area contributed by atoms with Gasteiger partial charge in [0.25, 0.3) is 0 Å². The number of nitrogens with zero attached hydrogens (tertiary/aromatic N) is 3. The van der Waals surface area contributed by atoms with Gasteiger partial charge < -0.3 is 20.9 Å². The van der Waals surface area contributed by atoms with Crippen LogP contribution in [0.4, 0.5) is 0 Å². The van der Waals surface area contributed by atoms with Crippen molar-refractivity contribution < 1.29 is 4.79 Å². The summed E-state index contributed by atoms with van der Waals surface area (Å²) < 4.78 is 0. The summed E-state index contributed by atoms with van der Waals surface area (Å²) in [5.41, 5.74) is 2.56. The summed E-state index contributed by atoms with van der Waals surface area (Å²) >= 11 is 0. The normalized spacial score (nSPS) is 18.5. The average Bonchev–Trinajstić information content (AvgIpc) is 3.57. The average molecular weight is 401 g/mol. The van der Waals surface area contributed by atoms with Gasteiger partial charge in [0, 0.05) is 58.3 Å². The topological polar surface area (TPSA) is 72.0 Å². The van der Waals surface area contributed by atoms with Crippen LogP contribution < -0.4 is 16.0 Å². The standard InChI is InChI=1S/C22H36N6O/c1-3-23-22(25-11-10-24-21(29)20-8-9-20)26-16-18-4-6-19(7-5-18)17-28-14-12-27(2)13-15-28/h4-7,20H,3,8-17H2,1-2H3,(H,24,29)(H2,23,25,26). The molecule has 1 aromatic carbocycles. The fourth-order valence-corrected chi connectivity index (χ4v) is 3.38. The van der Waals surface area contributed by atoms with Gasteiger partial charge in [0.15, 0.2) is 5.96 Å². The van der Waals surface area contributed by atoms with Crippen LogP contribution in [0.1, 0.15) is 30.9 Å². The molecular formula is C22H36N6O. The van der Waals surface area contributed by atoms with Gasteiger partial charge in [0.2, 0.25) is 5.91 Å². The van der Waals surface area contributed by atoms with Gasteiger partial charge in [-0.2, -0.15) is 0 Å². The van der Waals surface area contributed by atoms with Crippen molar-refractivity contribution in [2.75, 3.05) is 52.9 Å². The smallest absolute Gasteiger partial charge is 0.223 e. The highest BCUT2D eigenvalue weighted by molar-refractivity contribution is 5.81. The zero-order chi connectivity index (χ0) is 20.5. The molecule has 0 unspecified atom stereocenters. The van der Waals surface area contributed by atoms with Crippen LogP contribution in [0.3, 0.4) is 0 Å². The van der Waals surface area contributed by atoms with Gasteiger partial charge in [-0.05, 0) is 37.9 Å². The predicted octanol–water partition coefficient (Wildman–Crippen LogP) is 1.02. The van der Waals surface area contributed by atoms with E-state index in [1.165, 1.54) is 11.1 Å². The number of hydrogen-bond acceptors (Lipinski definition) is 4. The van der Waals surface area contributed by atoms with Crippen LogP contribution in [-0.2, 0) is 17.9 Å². The molecule has 0 atom stereocenters. The lowest BCUT2D eigenvalue weighted by molar-refractivity contribution is -0.122. The summed E-state index contributed by atoms with van der Waals surface area (Å²) in [5, 5.41) is 9.52. The second kappa shape index (κ2) is 11.2. The lowest BCUT2D eigenvalue weighted by atomic mass is 10.1. The second-order valence-electron chi connectivity index (χ2n) is 8.08. The maximum absolute atomic E-state index is 11.7. The maximum Gasteiger partial charge on any atom is 0.223 e. The highest BCUT2D eigenvalue weighted by Gasteiger charge is 2.28. The van der Waals surface area contributed by atoms with Crippen LogP contribution in [0.5, 0.6) is 0 Å². The Hall–Kier alpha value is -2.12. The molecule has 1 aromatic rings. The summed E-state index contributed by atoms with van der Waals surface area (Å²) in [6, 6.07) is 8.79. The molecule has 1 aliphatic heterocycles. The van der Waals surface area contributed by atoms with Gasteiger partial charge in [0.05, 0.1) is 6.54 Å². The van der Waals surface area contributed by atoms with Gasteiger partial charge in [-0.25, -0.2) is 4.99 Å². The Bertz CT molecular complexity index is 662. The number of likely N-dealkylation sites (N-methyl/N-ethyl adjacent to an activating group) is 1. The Labute approximate surface area is 174 Å². The van der Waals surface area contributed by atoms with Crippen molar-refractivity contribution in [1.29, 1.82) is 0 Å². The lowest BCUT2D eigenvalue weighted by Gasteiger charge is -2.32. The van der Waals surface area contributed by atoms with Gasteiger partial charge >= 0.3 is 0 Å². The lowest BCUT2D eigenvalue weighted by Crippen LogP contribution is -2.43. The molecule has 1 saturated carbocycles. The van der Waals surface area contributed by atoms with E-state index >= 15 is 0 Å². The van der Waals surface area contributed by atoms with E-state index < -0.39 is 0 Å². The van der Waals surface area contributed by atoms with E-state index in [-0.39, 0.29) is 11.8 Å². The third kappa shape index (κ3) is 7.66. The molecule has 7 nitrogen and oxygen atoms in total. The molecule has 0 spiro atoms. The summed E-state index contributed by atoms with van der Waals surface area (Å²) in [5.74, 6) is 1.23. The number of rotatable bonds is 9. The van der Waals surface area contributed by atoms with E-state index in [1.807, 2.05) is 0 Å². The summed E-state index contributed by atoms with van der Waals surface area (Å²) in [4.78, 5) is 21.2. The zero-order valence-electron chi connectivity index (χ0n) is 17.9. The van der Waals surface area contributed by atoms with E-state index in [0.29, 0.717) is 19.6 Å². The molecule has 7 heteroatoms. The summed E-state index contributed by atoms with van der Waals surface area (Å²) in [6.45, 7) is 10.4. The highest BCUT2D eigenvalue weighted by atomic mass is 16.2. The molecule has 0 aromatic heterocycles. The van der Waals surface area contributed by atoms with Gasteiger partial charge in [-0.1, -0.05) is 24.3 Å². The first-order valence-electron chi connectivity index (χ1n) is 10.9. The summed E-state index contributed by atoms with van der Waals surface area (Å²) in [7, 11) is 2.19. The molecule has 2 aliphatic rings. The zero-order valence-corrected chi connectivity index (χ0v) is 17.9. The molecular weight excluding hydrogens is 364 g/mol. The molecule has 1 aliphatic carbocycles. The molecule has 1 heterocycles. The second-order valence-corrected chi connectivity index (χ2v) is 8.08. The number of carbonyl (C=O) groups is 1. The van der Waals surface area contributed by atoms with Crippen molar-refractivity contribution in [3.05, 3.63) is 35.4 Å². The van der Waals surface area contributed by atoms with Crippen LogP contribution in [0.2, 0.25) is 0 Å². The molecule has 0 bridgehead atoms. The fraction of sp³-hybridized carbons (Fsp3) is 0.636. The van der Waals surface area contributed by atoms with Crippen LogP contribution in [0.15, 0.2) is 29.3 Å². The number of benzene rings is 1. The first-order chi connectivity index (χ1) is 14.1. The van der Waals surface area contributed by atoms with E-state index in [9.17, 15) is 4.79 Å². The Morgan fingerprint density at radius 1 is 1.00 bits per heavy atom. The van der Waals surface area contributed by atoms with Crippen LogP contribution in [-0.4, -0.2) is 74.5 Å². The van der Waals surface area contributed by atoms with Crippen molar-refractivity contribution in [2.45, 2.75) is 32.9 Å². The Morgan fingerprint density at radius 2 is 1.66 bits per heavy atom.